The van der Waals surface area contributed by atoms with Crippen LogP contribution in [0.25, 0.3) is 0 Å². The van der Waals surface area contributed by atoms with Gasteiger partial charge in [-0.2, -0.15) is 0 Å². The molecule has 0 amide bonds. The van der Waals surface area contributed by atoms with Gasteiger partial charge in [-0.25, -0.2) is 0 Å². The van der Waals surface area contributed by atoms with Crippen LogP contribution in [0.1, 0.15) is 5.56 Å². The van der Waals surface area contributed by atoms with Gasteiger partial charge in [-0.15, -0.1) is 0 Å². The maximum Gasteiger partial charge on any atom is 0.0826 e. The molecule has 1 N–H and O–H groups in total. The van der Waals surface area contributed by atoms with Crippen molar-refractivity contribution in [1.82, 2.24) is 10.2 Å². The highest BCUT2D eigenvalue weighted by Crippen LogP contribution is 2.09. The van der Waals surface area contributed by atoms with E-state index in [-0.39, 0.29) is 0 Å². The molecule has 0 saturated carbocycles. The van der Waals surface area contributed by atoms with Gasteiger partial charge in [0.15, 0.2) is 0 Å². The van der Waals surface area contributed by atoms with Crippen molar-refractivity contribution in [2.24, 2.45) is 0 Å². The quantitative estimate of drug-likeness (QED) is 0.822. The van der Waals surface area contributed by atoms with Crippen molar-refractivity contribution in [3.63, 3.8) is 0 Å². The van der Waals surface area contributed by atoms with Crippen LogP contribution in [0, 0.1) is 0 Å². The summed E-state index contributed by atoms with van der Waals surface area (Å²) in [6, 6.07) is 10.6. The third-order valence-corrected chi connectivity index (χ3v) is 2.90. The Kier molecular flexibility index (Phi) is 4.34. The molecule has 1 aliphatic rings. The molecule has 88 valence electrons. The summed E-state index contributed by atoms with van der Waals surface area (Å²) in [4.78, 5) is 2.46. The van der Waals surface area contributed by atoms with Crippen molar-refractivity contribution in [2.75, 3.05) is 33.3 Å². The first-order valence-electron chi connectivity index (χ1n) is 5.91. The summed E-state index contributed by atoms with van der Waals surface area (Å²) in [5, 5.41) is 3.17. The van der Waals surface area contributed by atoms with Crippen LogP contribution in [0.3, 0.4) is 0 Å². The van der Waals surface area contributed by atoms with Crippen molar-refractivity contribution in [1.29, 1.82) is 0 Å². The lowest BCUT2D eigenvalue weighted by Gasteiger charge is -2.32. The van der Waals surface area contributed by atoms with E-state index in [1.807, 2.05) is 7.05 Å². The van der Waals surface area contributed by atoms with Crippen LogP contribution in [-0.4, -0.2) is 44.3 Å². The van der Waals surface area contributed by atoms with E-state index in [1.54, 1.807) is 0 Å². The Morgan fingerprint density at radius 3 is 2.94 bits per heavy atom. The molecule has 1 aromatic rings. The molecule has 1 atom stereocenters. The lowest BCUT2D eigenvalue weighted by Crippen LogP contribution is -2.45. The van der Waals surface area contributed by atoms with Crippen molar-refractivity contribution in [2.45, 2.75) is 12.6 Å². The van der Waals surface area contributed by atoms with Crippen molar-refractivity contribution in [3.05, 3.63) is 35.9 Å². The molecule has 0 aromatic heterocycles. The molecule has 1 aromatic carbocycles. The minimum atomic E-state index is 0.336. The maximum absolute atomic E-state index is 5.68. The first-order valence-corrected chi connectivity index (χ1v) is 5.91. The van der Waals surface area contributed by atoms with E-state index < -0.39 is 0 Å². The second-order valence-electron chi connectivity index (χ2n) is 4.27. The van der Waals surface area contributed by atoms with Gasteiger partial charge in [-0.05, 0) is 12.6 Å². The Bertz CT molecular complexity index is 300. The smallest absolute Gasteiger partial charge is 0.0826 e. The van der Waals surface area contributed by atoms with Gasteiger partial charge >= 0.3 is 0 Å². The summed E-state index contributed by atoms with van der Waals surface area (Å²) in [6.45, 7) is 4.87. The number of hydrogen-bond acceptors (Lipinski definition) is 3. The summed E-state index contributed by atoms with van der Waals surface area (Å²) < 4.78 is 5.68. The van der Waals surface area contributed by atoms with Crippen LogP contribution in [0.4, 0.5) is 0 Å². The number of benzene rings is 1. The Labute approximate surface area is 97.4 Å². The molecule has 0 radical (unpaired) electrons. The molecule has 1 saturated heterocycles. The number of nitrogens with zero attached hydrogens (tertiary/aromatic N) is 1. The predicted octanol–water partition coefficient (Wildman–Crippen LogP) is 1.11. The van der Waals surface area contributed by atoms with Crippen molar-refractivity contribution >= 4 is 0 Å². The minimum Gasteiger partial charge on any atom is -0.374 e. The molecule has 0 bridgehead atoms. The molecule has 1 heterocycles. The van der Waals surface area contributed by atoms with E-state index in [0.717, 1.165) is 32.8 Å². The Balaban J connectivity index is 1.85. The predicted molar refractivity (Wildman–Crippen MR) is 65.4 cm³/mol. The van der Waals surface area contributed by atoms with Crippen molar-refractivity contribution in [3.8, 4) is 0 Å². The standard InChI is InChI=1S/C13H20N2O/c1-14-9-13-11-15(7-8-16-13)10-12-5-3-2-4-6-12/h2-6,13-14H,7-11H2,1H3. The van der Waals surface area contributed by atoms with Gasteiger partial charge in [0, 0.05) is 26.2 Å². The zero-order chi connectivity index (χ0) is 11.2. The fourth-order valence-electron chi connectivity index (χ4n) is 2.12. The Hall–Kier alpha value is -0.900. The van der Waals surface area contributed by atoms with Crippen LogP contribution < -0.4 is 5.32 Å². The second kappa shape index (κ2) is 5.99. The Morgan fingerprint density at radius 1 is 1.38 bits per heavy atom. The number of morpholine rings is 1. The molecule has 1 fully saturated rings. The maximum atomic E-state index is 5.68. The van der Waals surface area contributed by atoms with Gasteiger partial charge < -0.3 is 10.1 Å². The highest BCUT2D eigenvalue weighted by molar-refractivity contribution is 5.14. The van der Waals surface area contributed by atoms with Crippen molar-refractivity contribution < 1.29 is 4.74 Å². The Morgan fingerprint density at radius 2 is 2.19 bits per heavy atom. The van der Waals surface area contributed by atoms with Gasteiger partial charge in [0.2, 0.25) is 0 Å². The molecule has 16 heavy (non-hydrogen) atoms. The zero-order valence-electron chi connectivity index (χ0n) is 9.86. The third-order valence-electron chi connectivity index (χ3n) is 2.90. The molecule has 3 heteroatoms. The van der Waals surface area contributed by atoms with Crippen LogP contribution in [-0.2, 0) is 11.3 Å². The highest BCUT2D eigenvalue weighted by atomic mass is 16.5. The highest BCUT2D eigenvalue weighted by Gasteiger charge is 2.19. The lowest BCUT2D eigenvalue weighted by atomic mass is 10.2. The number of rotatable bonds is 4. The van der Waals surface area contributed by atoms with E-state index >= 15 is 0 Å². The van der Waals surface area contributed by atoms with Gasteiger partial charge in [0.05, 0.1) is 12.7 Å². The third kappa shape index (κ3) is 3.30. The average molecular weight is 220 g/mol. The van der Waals surface area contributed by atoms with Gasteiger partial charge in [-0.3, -0.25) is 4.90 Å². The summed E-state index contributed by atoms with van der Waals surface area (Å²) >= 11 is 0. The van der Waals surface area contributed by atoms with E-state index in [9.17, 15) is 0 Å². The summed E-state index contributed by atoms with van der Waals surface area (Å²) in [5.74, 6) is 0. The number of hydrogen-bond donors (Lipinski definition) is 1. The molecule has 3 nitrogen and oxygen atoms in total. The van der Waals surface area contributed by atoms with Crippen LogP contribution >= 0.6 is 0 Å². The number of likely N-dealkylation sites (N-methyl/N-ethyl adjacent to an activating group) is 1. The monoisotopic (exact) mass is 220 g/mol. The normalized spacial score (nSPS) is 22.2. The molecular formula is C13H20N2O. The molecular weight excluding hydrogens is 200 g/mol. The van der Waals surface area contributed by atoms with Crippen LogP contribution in [0.5, 0.6) is 0 Å². The van der Waals surface area contributed by atoms with E-state index in [1.165, 1.54) is 5.56 Å². The first-order chi connectivity index (χ1) is 7.88. The topological polar surface area (TPSA) is 24.5 Å². The zero-order valence-corrected chi connectivity index (χ0v) is 9.86. The number of nitrogens with one attached hydrogen (secondary N) is 1. The van der Waals surface area contributed by atoms with Gasteiger partial charge in [0.25, 0.3) is 0 Å². The SMILES string of the molecule is CNCC1CN(Cc2ccccc2)CCO1. The van der Waals surface area contributed by atoms with Gasteiger partial charge in [0.1, 0.15) is 0 Å². The van der Waals surface area contributed by atoms with Crippen LogP contribution in [0.15, 0.2) is 30.3 Å². The molecule has 1 aliphatic heterocycles. The fraction of sp³-hybridized carbons (Fsp3) is 0.538. The van der Waals surface area contributed by atoms with Crippen LogP contribution in [0.2, 0.25) is 0 Å². The summed E-state index contributed by atoms with van der Waals surface area (Å²) in [5.41, 5.74) is 1.38. The summed E-state index contributed by atoms with van der Waals surface area (Å²) in [6.07, 6.45) is 0.336. The molecule has 0 aliphatic carbocycles. The largest absolute Gasteiger partial charge is 0.374 e. The lowest BCUT2D eigenvalue weighted by molar-refractivity contribution is -0.0291. The van der Waals surface area contributed by atoms with E-state index in [0.29, 0.717) is 6.10 Å². The fourth-order valence-corrected chi connectivity index (χ4v) is 2.12. The molecule has 1 unspecified atom stereocenters. The summed E-state index contributed by atoms with van der Waals surface area (Å²) in [7, 11) is 1.97. The number of ether oxygens (including phenoxy) is 1. The second-order valence-corrected chi connectivity index (χ2v) is 4.27. The van der Waals surface area contributed by atoms with E-state index in [2.05, 4.69) is 40.5 Å². The molecule has 2 rings (SSSR count). The average Bonchev–Trinajstić information content (AvgIpc) is 2.31. The molecule has 0 spiro atoms. The van der Waals surface area contributed by atoms with E-state index in [4.69, 9.17) is 4.74 Å². The first kappa shape index (κ1) is 11.6. The minimum absolute atomic E-state index is 0.336. The van der Waals surface area contributed by atoms with Gasteiger partial charge in [-0.1, -0.05) is 30.3 Å².